The molecule has 0 unspecified atom stereocenters. The van der Waals surface area contributed by atoms with Crippen molar-refractivity contribution >= 4 is 23.4 Å². The molecular formula is C17H24N8OS. The van der Waals surface area contributed by atoms with Crippen molar-refractivity contribution in [3.8, 4) is 0 Å². The average Bonchev–Trinajstić information content (AvgIpc) is 3.23. The molecule has 0 aliphatic carbocycles. The smallest absolute Gasteiger partial charge is 0.291 e. The Morgan fingerprint density at radius 1 is 1.33 bits per heavy atom. The van der Waals surface area contributed by atoms with Crippen LogP contribution in [0.5, 0.6) is 0 Å². The number of nitrogens with zero attached hydrogens (tertiary/aromatic N) is 7. The summed E-state index contributed by atoms with van der Waals surface area (Å²) in [5, 5.41) is 16.5. The molecule has 0 atom stereocenters. The van der Waals surface area contributed by atoms with Gasteiger partial charge in [0.05, 0.1) is 0 Å². The zero-order chi connectivity index (χ0) is 19.4. The number of hydrogen-bond acceptors (Lipinski definition) is 7. The lowest BCUT2D eigenvalue weighted by Gasteiger charge is -2.11. The van der Waals surface area contributed by atoms with Gasteiger partial charge in [-0.15, -0.1) is 15.3 Å². The maximum Gasteiger partial charge on any atom is 0.291 e. The fourth-order valence-electron chi connectivity index (χ4n) is 2.73. The summed E-state index contributed by atoms with van der Waals surface area (Å²) < 4.78 is 3.72. The third-order valence-corrected chi connectivity index (χ3v) is 4.69. The molecule has 0 aliphatic heterocycles. The SMILES string of the molecule is CSc1nnc(CCCNC(=O)c2nc3nccc(C)n3n2)n1CC(C)C. The van der Waals surface area contributed by atoms with Crippen LogP contribution in [0.3, 0.4) is 0 Å². The molecule has 0 aliphatic rings. The minimum Gasteiger partial charge on any atom is -0.349 e. The van der Waals surface area contributed by atoms with Gasteiger partial charge in [-0.25, -0.2) is 9.50 Å². The molecule has 0 aromatic carbocycles. The van der Waals surface area contributed by atoms with Gasteiger partial charge >= 0.3 is 0 Å². The molecule has 10 heteroatoms. The summed E-state index contributed by atoms with van der Waals surface area (Å²) in [5.41, 5.74) is 0.876. The number of hydrogen-bond donors (Lipinski definition) is 1. The van der Waals surface area contributed by atoms with Crippen LogP contribution in [0.4, 0.5) is 0 Å². The van der Waals surface area contributed by atoms with E-state index in [1.807, 2.05) is 19.2 Å². The second-order valence-electron chi connectivity index (χ2n) is 6.70. The standard InChI is InChI=1S/C17H24N8OS/c1-11(2)10-24-13(21-22-17(24)27-4)6-5-8-18-15(26)14-20-16-19-9-7-12(3)25(16)23-14/h7,9,11H,5-6,8,10H2,1-4H3,(H,18,26). The molecule has 0 saturated heterocycles. The van der Waals surface area contributed by atoms with E-state index in [2.05, 4.69) is 49.0 Å². The Balaban J connectivity index is 1.56. The maximum atomic E-state index is 12.3. The van der Waals surface area contributed by atoms with Crippen molar-refractivity contribution in [2.75, 3.05) is 12.8 Å². The van der Waals surface area contributed by atoms with Gasteiger partial charge in [-0.05, 0) is 31.6 Å². The zero-order valence-corrected chi connectivity index (χ0v) is 16.8. The summed E-state index contributed by atoms with van der Waals surface area (Å²) >= 11 is 1.60. The first kappa shape index (κ1) is 19.3. The van der Waals surface area contributed by atoms with Gasteiger partial charge in [0.25, 0.3) is 11.7 Å². The highest BCUT2D eigenvalue weighted by Crippen LogP contribution is 2.16. The summed E-state index contributed by atoms with van der Waals surface area (Å²) in [5.74, 6) is 1.72. The molecule has 0 spiro atoms. The first-order valence-corrected chi connectivity index (χ1v) is 10.1. The predicted molar refractivity (Wildman–Crippen MR) is 103 cm³/mol. The number of rotatable bonds is 8. The van der Waals surface area contributed by atoms with Crippen LogP contribution in [0.1, 0.15) is 42.4 Å². The molecule has 1 N–H and O–H groups in total. The largest absolute Gasteiger partial charge is 0.349 e. The summed E-state index contributed by atoms with van der Waals surface area (Å²) in [6.45, 7) is 7.65. The Kier molecular flexibility index (Phi) is 6.04. The topological polar surface area (TPSA) is 103 Å². The zero-order valence-electron chi connectivity index (χ0n) is 16.0. The number of nitrogens with one attached hydrogen (secondary N) is 1. The summed E-state index contributed by atoms with van der Waals surface area (Å²) in [6, 6.07) is 1.82. The van der Waals surface area contributed by atoms with E-state index in [1.54, 1.807) is 22.5 Å². The number of carbonyl (C=O) groups is 1. The minimum atomic E-state index is -0.298. The third kappa shape index (κ3) is 4.44. The fourth-order valence-corrected chi connectivity index (χ4v) is 3.26. The number of fused-ring (bicyclic) bond motifs is 1. The molecular weight excluding hydrogens is 364 g/mol. The number of aryl methyl sites for hydroxylation is 2. The van der Waals surface area contributed by atoms with Crippen molar-refractivity contribution < 1.29 is 4.79 Å². The number of aromatic nitrogens is 7. The van der Waals surface area contributed by atoms with Gasteiger partial charge in [-0.2, -0.15) is 4.98 Å². The van der Waals surface area contributed by atoms with Gasteiger partial charge in [-0.3, -0.25) is 4.79 Å². The molecule has 0 bridgehead atoms. The normalized spacial score (nSPS) is 11.4. The highest BCUT2D eigenvalue weighted by Gasteiger charge is 2.15. The minimum absolute atomic E-state index is 0.129. The van der Waals surface area contributed by atoms with Crippen molar-refractivity contribution in [1.29, 1.82) is 0 Å². The lowest BCUT2D eigenvalue weighted by molar-refractivity contribution is 0.0943. The van der Waals surface area contributed by atoms with Crippen LogP contribution in [-0.4, -0.2) is 53.1 Å². The van der Waals surface area contributed by atoms with Gasteiger partial charge < -0.3 is 9.88 Å². The highest BCUT2D eigenvalue weighted by atomic mass is 32.2. The Hall–Kier alpha value is -2.49. The van der Waals surface area contributed by atoms with Crippen LogP contribution in [0.25, 0.3) is 5.78 Å². The van der Waals surface area contributed by atoms with Crippen LogP contribution in [0.15, 0.2) is 17.4 Å². The lowest BCUT2D eigenvalue weighted by atomic mass is 10.2. The quantitative estimate of drug-likeness (QED) is 0.463. The molecule has 0 saturated carbocycles. The van der Waals surface area contributed by atoms with E-state index in [1.165, 1.54) is 0 Å². The number of amides is 1. The Morgan fingerprint density at radius 2 is 2.15 bits per heavy atom. The van der Waals surface area contributed by atoms with Crippen LogP contribution in [0, 0.1) is 12.8 Å². The van der Waals surface area contributed by atoms with Crippen LogP contribution in [0.2, 0.25) is 0 Å². The first-order chi connectivity index (χ1) is 13.0. The van der Waals surface area contributed by atoms with E-state index in [9.17, 15) is 4.79 Å². The highest BCUT2D eigenvalue weighted by molar-refractivity contribution is 7.98. The van der Waals surface area contributed by atoms with Crippen LogP contribution in [-0.2, 0) is 13.0 Å². The lowest BCUT2D eigenvalue weighted by Crippen LogP contribution is -2.26. The average molecular weight is 389 g/mol. The molecule has 27 heavy (non-hydrogen) atoms. The second-order valence-corrected chi connectivity index (χ2v) is 7.47. The van der Waals surface area contributed by atoms with Gasteiger partial charge in [0.1, 0.15) is 5.82 Å². The fraction of sp³-hybridized carbons (Fsp3) is 0.529. The van der Waals surface area contributed by atoms with E-state index in [0.29, 0.717) is 18.2 Å². The first-order valence-electron chi connectivity index (χ1n) is 8.92. The Labute approximate surface area is 162 Å². The monoisotopic (exact) mass is 388 g/mol. The molecule has 9 nitrogen and oxygen atoms in total. The Bertz CT molecular complexity index is 932. The number of carbonyl (C=O) groups excluding carboxylic acids is 1. The molecule has 0 radical (unpaired) electrons. The van der Waals surface area contributed by atoms with E-state index in [-0.39, 0.29) is 11.7 Å². The molecule has 144 valence electrons. The van der Waals surface area contributed by atoms with Crippen LogP contribution >= 0.6 is 11.8 Å². The molecule has 3 aromatic heterocycles. The van der Waals surface area contributed by atoms with Gasteiger partial charge in [0, 0.05) is 31.4 Å². The Morgan fingerprint density at radius 3 is 2.85 bits per heavy atom. The van der Waals surface area contributed by atoms with E-state index < -0.39 is 0 Å². The van der Waals surface area contributed by atoms with Gasteiger partial charge in [-0.1, -0.05) is 25.6 Å². The van der Waals surface area contributed by atoms with Gasteiger partial charge in [0.2, 0.25) is 5.82 Å². The van der Waals surface area contributed by atoms with Crippen molar-refractivity contribution in [3.05, 3.63) is 29.6 Å². The summed E-state index contributed by atoms with van der Waals surface area (Å²) in [6.07, 6.45) is 5.17. The van der Waals surface area contributed by atoms with Crippen molar-refractivity contribution in [2.24, 2.45) is 5.92 Å². The molecule has 3 aromatic rings. The van der Waals surface area contributed by atoms with Crippen molar-refractivity contribution in [3.63, 3.8) is 0 Å². The van der Waals surface area contributed by atoms with Gasteiger partial charge in [0.15, 0.2) is 5.16 Å². The van der Waals surface area contributed by atoms with E-state index in [0.717, 1.165) is 36.1 Å². The third-order valence-electron chi connectivity index (χ3n) is 4.02. The predicted octanol–water partition coefficient (Wildman–Crippen LogP) is 1.76. The molecule has 3 heterocycles. The molecule has 0 fully saturated rings. The molecule has 3 rings (SSSR count). The maximum absolute atomic E-state index is 12.3. The molecule has 1 amide bonds. The summed E-state index contributed by atoms with van der Waals surface area (Å²) in [4.78, 5) is 20.6. The van der Waals surface area contributed by atoms with E-state index >= 15 is 0 Å². The number of thioether (sulfide) groups is 1. The second kappa shape index (κ2) is 8.47. The van der Waals surface area contributed by atoms with Crippen molar-refractivity contribution in [2.45, 2.75) is 45.3 Å². The van der Waals surface area contributed by atoms with Crippen LogP contribution < -0.4 is 5.32 Å². The summed E-state index contributed by atoms with van der Waals surface area (Å²) in [7, 11) is 0. The van der Waals surface area contributed by atoms with E-state index in [4.69, 9.17) is 0 Å². The van der Waals surface area contributed by atoms with Crippen molar-refractivity contribution in [1.82, 2.24) is 39.7 Å².